The molecule has 15 heavy (non-hydrogen) atoms. The van der Waals surface area contributed by atoms with E-state index in [0.717, 1.165) is 0 Å². The van der Waals surface area contributed by atoms with Crippen LogP contribution in [0, 0.1) is 0 Å². The first-order chi connectivity index (χ1) is 5.60. The maximum absolute atomic E-state index is 10.4. The van der Waals surface area contributed by atoms with Gasteiger partial charge in [0, 0.05) is 0 Å². The molecule has 10 heteroatoms. The van der Waals surface area contributed by atoms with E-state index in [1.807, 2.05) is 0 Å². The van der Waals surface area contributed by atoms with Gasteiger partial charge < -0.3 is 20.9 Å². The third-order valence-electron chi connectivity index (χ3n) is 0.728. The van der Waals surface area contributed by atoms with Gasteiger partial charge in [0.1, 0.15) is 0 Å². The van der Waals surface area contributed by atoms with E-state index in [9.17, 15) is 14.4 Å². The van der Waals surface area contributed by atoms with Gasteiger partial charge in [0.05, 0.1) is 13.1 Å². The molecule has 0 atom stereocenters. The molecule has 0 saturated carbocycles. The van der Waals surface area contributed by atoms with E-state index in [4.69, 9.17) is 11.5 Å². The number of rotatable bonds is 2. The Labute approximate surface area is 138 Å². The number of carbonyl (C=O) groups is 3. The molecule has 0 unspecified atom stereocenters. The van der Waals surface area contributed by atoms with Crippen molar-refractivity contribution < 1.29 is 25.3 Å². The van der Waals surface area contributed by atoms with Crippen LogP contribution in [0.1, 0.15) is 1.43 Å². The molecule has 0 aliphatic heterocycles. The van der Waals surface area contributed by atoms with Gasteiger partial charge in [-0.3, -0.25) is 9.59 Å². The van der Waals surface area contributed by atoms with Gasteiger partial charge in [-0.1, -0.05) is 0 Å². The van der Waals surface area contributed by atoms with Crippen LogP contribution in [0.25, 0.3) is 0 Å². The van der Waals surface area contributed by atoms with Crippen LogP contribution in [-0.2, 0) is 19.1 Å². The van der Waals surface area contributed by atoms with Crippen LogP contribution in [0.2, 0.25) is 0 Å². The number of esters is 2. The van der Waals surface area contributed by atoms with Crippen molar-refractivity contribution in [1.82, 2.24) is 0 Å². The average molecular weight is 262 g/mol. The van der Waals surface area contributed by atoms with Crippen molar-refractivity contribution >= 4 is 89.6 Å². The molecule has 0 heterocycles. The number of carbonyl (C=O) groups excluding carboxylic acids is 3. The second-order valence-electron chi connectivity index (χ2n) is 1.61. The second kappa shape index (κ2) is 14.8. The fourth-order valence-corrected chi connectivity index (χ4v) is 0.290. The predicted octanol–water partition coefficient (Wildman–Crippen LogP) is -2.65. The first-order valence-corrected chi connectivity index (χ1v) is 2.95. The molecular weight excluding hydrogens is 249 g/mol. The van der Waals surface area contributed by atoms with Crippen molar-refractivity contribution in [2.45, 2.75) is 0 Å². The molecule has 0 rings (SSSR count). The summed E-state index contributed by atoms with van der Waals surface area (Å²) in [5.74, 6) is -1.96. The van der Waals surface area contributed by atoms with Gasteiger partial charge in [0.25, 0.3) is 0 Å². The zero-order valence-corrected chi connectivity index (χ0v) is 7.33. The number of ether oxygens (including phenoxy) is 2. The molecule has 0 aromatic carbocycles. The van der Waals surface area contributed by atoms with E-state index >= 15 is 0 Å². The summed E-state index contributed by atoms with van der Waals surface area (Å²) < 4.78 is 7.74. The van der Waals surface area contributed by atoms with E-state index in [0.29, 0.717) is 0 Å². The van der Waals surface area contributed by atoms with Crippen LogP contribution >= 0.6 is 12.4 Å². The number of nitrogens with two attached hydrogens (primary N) is 2. The van der Waals surface area contributed by atoms with Crippen molar-refractivity contribution in [2.24, 2.45) is 11.5 Å². The normalized spacial score (nSPS) is 7.07. The van der Waals surface area contributed by atoms with E-state index < -0.39 is 31.2 Å². The van der Waals surface area contributed by atoms with Crippen molar-refractivity contribution in [3.05, 3.63) is 0 Å². The Morgan fingerprint density at radius 3 is 1.40 bits per heavy atom. The quantitative estimate of drug-likeness (QED) is 0.316. The molecular formula is C5H12ClN2Na2O5+. The summed E-state index contributed by atoms with van der Waals surface area (Å²) in [6.07, 6.45) is -1.42. The monoisotopic (exact) mass is 261 g/mol. The molecule has 0 aromatic heterocycles. The first-order valence-electron chi connectivity index (χ1n) is 2.95. The van der Waals surface area contributed by atoms with E-state index in [1.165, 1.54) is 0 Å². The van der Waals surface area contributed by atoms with Crippen LogP contribution in [0.3, 0.4) is 0 Å². The predicted molar refractivity (Wildman–Crippen MR) is 58.3 cm³/mol. The summed E-state index contributed by atoms with van der Waals surface area (Å²) in [5, 5.41) is 0. The number of halogens is 1. The standard InChI is InChI=1S/C5H8N2O5.ClH.2Na.2H/c6-1-3(8)11-5(10)12-4(9)2-7;;;;;/h1-2,6-7H2;1H;;;;/p+1. The first kappa shape index (κ1) is 24.9. The van der Waals surface area contributed by atoms with Gasteiger partial charge in [-0.05, 0) is 0 Å². The zero-order chi connectivity index (χ0) is 9.56. The Bertz CT molecular complexity index is 201. The molecule has 0 aromatic rings. The second-order valence-corrected chi connectivity index (χ2v) is 1.61. The van der Waals surface area contributed by atoms with Crippen LogP contribution in [0.5, 0.6) is 0 Å². The summed E-state index contributed by atoms with van der Waals surface area (Å²) in [7, 11) is 0. The van der Waals surface area contributed by atoms with Crippen molar-refractivity contribution in [2.75, 3.05) is 13.1 Å². The summed E-state index contributed by atoms with van der Waals surface area (Å²) in [5.41, 5.74) is 9.58. The molecule has 80 valence electrons. The molecule has 0 aliphatic carbocycles. The molecule has 0 amide bonds. The van der Waals surface area contributed by atoms with Gasteiger partial charge in [-0.15, -0.1) is 12.4 Å². The Morgan fingerprint density at radius 2 is 1.20 bits per heavy atom. The summed E-state index contributed by atoms with van der Waals surface area (Å²) >= 11 is 0. The molecule has 4 N–H and O–H groups in total. The third kappa shape index (κ3) is 14.8. The van der Waals surface area contributed by atoms with Crippen LogP contribution < -0.4 is 11.5 Å². The zero-order valence-electron chi connectivity index (χ0n) is 7.52. The third-order valence-corrected chi connectivity index (χ3v) is 0.728. The molecule has 0 fully saturated rings. The molecule has 0 spiro atoms. The minimum atomic E-state index is -1.42. The van der Waals surface area contributed by atoms with E-state index in [1.54, 1.807) is 0 Å². The van der Waals surface area contributed by atoms with Crippen molar-refractivity contribution in [3.8, 4) is 0 Å². The molecule has 0 saturated heterocycles. The van der Waals surface area contributed by atoms with Crippen LogP contribution in [0.15, 0.2) is 0 Å². The average Bonchev–Trinajstić information content (AvgIpc) is 2.03. The van der Waals surface area contributed by atoms with E-state index in [-0.39, 0.29) is 72.9 Å². The molecule has 0 bridgehead atoms. The Kier molecular flexibility index (Phi) is 24.6. The van der Waals surface area contributed by atoms with Crippen molar-refractivity contribution in [3.63, 3.8) is 0 Å². The SMILES string of the molecule is Cl.NCC(=O)OC(=O)OC(=O)CN.[H+].[NaH].[NaH]. The van der Waals surface area contributed by atoms with Gasteiger partial charge >= 0.3 is 78.6 Å². The fourth-order valence-electron chi connectivity index (χ4n) is 0.290. The van der Waals surface area contributed by atoms with Gasteiger partial charge in [0.2, 0.25) is 0 Å². The summed E-state index contributed by atoms with van der Waals surface area (Å²) in [6, 6.07) is 0. The van der Waals surface area contributed by atoms with E-state index in [2.05, 4.69) is 9.47 Å². The summed E-state index contributed by atoms with van der Waals surface area (Å²) in [4.78, 5) is 31.0. The fraction of sp³-hybridized carbons (Fsp3) is 0.400. The minimum absolute atomic E-state index is 0. The Balaban J connectivity index is -0.000000101. The maximum atomic E-state index is 10.4. The Morgan fingerprint density at radius 1 is 0.933 bits per heavy atom. The molecule has 0 radical (unpaired) electrons. The summed E-state index contributed by atoms with van der Waals surface area (Å²) in [6.45, 7) is -0.933. The number of hydrogen-bond donors (Lipinski definition) is 2. The molecule has 0 aliphatic rings. The van der Waals surface area contributed by atoms with Crippen LogP contribution in [0.4, 0.5) is 4.79 Å². The number of hydrogen-bond acceptors (Lipinski definition) is 7. The molecule has 7 nitrogen and oxygen atoms in total. The van der Waals surface area contributed by atoms with Gasteiger partial charge in [-0.2, -0.15) is 0 Å². The van der Waals surface area contributed by atoms with Crippen LogP contribution in [-0.4, -0.2) is 90.3 Å². The van der Waals surface area contributed by atoms with Crippen molar-refractivity contribution in [1.29, 1.82) is 0 Å². The van der Waals surface area contributed by atoms with Gasteiger partial charge in [-0.25, -0.2) is 4.79 Å². The van der Waals surface area contributed by atoms with Gasteiger partial charge in [0.15, 0.2) is 0 Å². The topological polar surface area (TPSA) is 122 Å². The Hall–Kier alpha value is 0.820.